The van der Waals surface area contributed by atoms with Gasteiger partial charge in [-0.3, -0.25) is 0 Å². The molecule has 56 valence electrons. The molecule has 0 aromatic rings. The van der Waals surface area contributed by atoms with Crippen LogP contribution < -0.4 is 5.73 Å². The summed E-state index contributed by atoms with van der Waals surface area (Å²) in [5, 5.41) is 0. The van der Waals surface area contributed by atoms with Crippen molar-refractivity contribution in [1.82, 2.24) is 0 Å². The molecule has 0 aromatic carbocycles. The molecule has 1 amide bonds. The number of amides is 1. The molecule has 0 aliphatic heterocycles. The predicted octanol–water partition coefficient (Wildman–Crippen LogP) is -0.232. The largest absolute Gasteiger partial charge is 0.425 e. The Morgan fingerprint density at radius 1 is 1.50 bits per heavy atom. The number of rotatable bonds is 3. The van der Waals surface area contributed by atoms with Crippen LogP contribution in [-0.4, -0.2) is 18.9 Å². The number of carbonyl (C=O) groups excluding carboxylic acids is 2. The third-order valence-electron chi connectivity index (χ3n) is 0.569. The van der Waals surface area contributed by atoms with Gasteiger partial charge in [-0.15, -0.1) is 0 Å². The molecule has 0 aliphatic rings. The molecule has 0 saturated heterocycles. The average molecular weight is 145 g/mol. The third kappa shape index (κ3) is 4.63. The average Bonchev–Trinajstić information content (AvgIpc) is 1.87. The molecule has 0 saturated carbocycles. The van der Waals surface area contributed by atoms with Gasteiger partial charge in [-0.2, -0.15) is 0 Å². The van der Waals surface area contributed by atoms with Crippen LogP contribution in [0.15, 0.2) is 12.7 Å². The molecular formula is C5H7NO4. The minimum atomic E-state index is -0.989. The van der Waals surface area contributed by atoms with E-state index in [1.165, 1.54) is 0 Å². The lowest BCUT2D eigenvalue weighted by molar-refractivity contribution is -0.145. The first-order chi connectivity index (χ1) is 4.66. The summed E-state index contributed by atoms with van der Waals surface area (Å²) >= 11 is 0. The van der Waals surface area contributed by atoms with Gasteiger partial charge in [0, 0.05) is 6.08 Å². The second-order valence-electron chi connectivity index (χ2n) is 1.25. The Bertz CT molecular complexity index is 154. The Hall–Kier alpha value is -1.52. The Labute approximate surface area is 57.4 Å². The molecular weight excluding hydrogens is 138 g/mol. The van der Waals surface area contributed by atoms with Crippen molar-refractivity contribution in [2.24, 2.45) is 5.73 Å². The molecule has 0 bridgehead atoms. The first kappa shape index (κ1) is 8.48. The van der Waals surface area contributed by atoms with Gasteiger partial charge in [-0.25, -0.2) is 9.59 Å². The zero-order chi connectivity index (χ0) is 7.98. The molecule has 0 heterocycles. The van der Waals surface area contributed by atoms with E-state index in [1.807, 2.05) is 0 Å². The number of nitrogens with two attached hydrogens (primary N) is 1. The number of hydrogen-bond acceptors (Lipinski definition) is 4. The molecule has 0 spiro atoms. The van der Waals surface area contributed by atoms with Gasteiger partial charge in [0.05, 0.1) is 0 Å². The molecule has 2 N–H and O–H groups in total. The van der Waals surface area contributed by atoms with Crippen molar-refractivity contribution in [1.29, 1.82) is 0 Å². The Morgan fingerprint density at radius 3 is 2.50 bits per heavy atom. The minimum absolute atomic E-state index is 0.472. The van der Waals surface area contributed by atoms with Crippen molar-refractivity contribution in [3.05, 3.63) is 12.7 Å². The first-order valence-electron chi connectivity index (χ1n) is 2.38. The van der Waals surface area contributed by atoms with Gasteiger partial charge in [0.2, 0.25) is 6.79 Å². The molecule has 0 rings (SSSR count). The summed E-state index contributed by atoms with van der Waals surface area (Å²) in [6.07, 6.45) is -0.0403. The van der Waals surface area contributed by atoms with Crippen molar-refractivity contribution in [2.75, 3.05) is 6.79 Å². The van der Waals surface area contributed by atoms with E-state index in [2.05, 4.69) is 21.8 Å². The van der Waals surface area contributed by atoms with Gasteiger partial charge >= 0.3 is 12.1 Å². The topological polar surface area (TPSA) is 78.6 Å². The summed E-state index contributed by atoms with van der Waals surface area (Å²) in [5.74, 6) is -0.666. The maximum atomic E-state index is 10.2. The van der Waals surface area contributed by atoms with Crippen LogP contribution in [0, 0.1) is 0 Å². The summed E-state index contributed by atoms with van der Waals surface area (Å²) in [5.41, 5.74) is 4.54. The van der Waals surface area contributed by atoms with Crippen molar-refractivity contribution in [3.63, 3.8) is 0 Å². The van der Waals surface area contributed by atoms with E-state index < -0.39 is 18.9 Å². The Kier molecular flexibility index (Phi) is 3.70. The highest BCUT2D eigenvalue weighted by molar-refractivity contribution is 5.81. The summed E-state index contributed by atoms with van der Waals surface area (Å²) in [4.78, 5) is 20.1. The molecule has 0 fully saturated rings. The lowest BCUT2D eigenvalue weighted by Crippen LogP contribution is -2.16. The Morgan fingerprint density at radius 2 is 2.10 bits per heavy atom. The zero-order valence-electron chi connectivity index (χ0n) is 5.20. The summed E-state index contributed by atoms with van der Waals surface area (Å²) in [6.45, 7) is 2.64. The van der Waals surface area contributed by atoms with Crippen molar-refractivity contribution in [3.8, 4) is 0 Å². The highest BCUT2D eigenvalue weighted by Crippen LogP contribution is 1.80. The van der Waals surface area contributed by atoms with E-state index in [9.17, 15) is 9.59 Å². The molecule has 5 heteroatoms. The highest BCUT2D eigenvalue weighted by atomic mass is 16.7. The fraction of sp³-hybridized carbons (Fsp3) is 0.200. The number of hydrogen-bond donors (Lipinski definition) is 1. The smallest absolute Gasteiger partial charge is 0.407 e. The fourth-order valence-corrected chi connectivity index (χ4v) is 0.205. The van der Waals surface area contributed by atoms with E-state index in [4.69, 9.17) is 0 Å². The molecule has 0 radical (unpaired) electrons. The van der Waals surface area contributed by atoms with Crippen LogP contribution in [0.4, 0.5) is 4.79 Å². The van der Waals surface area contributed by atoms with Crippen LogP contribution in [0.2, 0.25) is 0 Å². The quantitative estimate of drug-likeness (QED) is 0.338. The van der Waals surface area contributed by atoms with Gasteiger partial charge < -0.3 is 15.2 Å². The molecule has 10 heavy (non-hydrogen) atoms. The van der Waals surface area contributed by atoms with Crippen LogP contribution in [0.1, 0.15) is 0 Å². The van der Waals surface area contributed by atoms with Crippen LogP contribution >= 0.6 is 0 Å². The van der Waals surface area contributed by atoms with Crippen molar-refractivity contribution < 1.29 is 19.1 Å². The van der Waals surface area contributed by atoms with Gasteiger partial charge in [0.15, 0.2) is 0 Å². The molecule has 5 nitrogen and oxygen atoms in total. The van der Waals surface area contributed by atoms with Gasteiger partial charge in [-0.1, -0.05) is 6.58 Å². The van der Waals surface area contributed by atoms with Gasteiger partial charge in [-0.05, 0) is 0 Å². The van der Waals surface area contributed by atoms with Gasteiger partial charge in [0.25, 0.3) is 0 Å². The lowest BCUT2D eigenvalue weighted by Gasteiger charge is -1.99. The van der Waals surface area contributed by atoms with E-state index in [0.29, 0.717) is 0 Å². The predicted molar refractivity (Wildman–Crippen MR) is 31.8 cm³/mol. The van der Waals surface area contributed by atoms with E-state index in [1.54, 1.807) is 0 Å². The molecule has 0 unspecified atom stereocenters. The fourth-order valence-electron chi connectivity index (χ4n) is 0.205. The molecule has 0 aromatic heterocycles. The van der Waals surface area contributed by atoms with E-state index in [0.717, 1.165) is 6.08 Å². The van der Waals surface area contributed by atoms with Crippen LogP contribution in [0.25, 0.3) is 0 Å². The maximum absolute atomic E-state index is 10.2. The van der Waals surface area contributed by atoms with Crippen LogP contribution in [0.3, 0.4) is 0 Å². The SMILES string of the molecule is C=CC(=O)OCOC(N)=O. The number of carbonyl (C=O) groups is 2. The highest BCUT2D eigenvalue weighted by Gasteiger charge is 1.96. The Balaban J connectivity index is 3.28. The van der Waals surface area contributed by atoms with Crippen molar-refractivity contribution >= 4 is 12.1 Å². The summed E-state index contributed by atoms with van der Waals surface area (Å²) in [6, 6.07) is 0. The van der Waals surface area contributed by atoms with Gasteiger partial charge in [0.1, 0.15) is 0 Å². The lowest BCUT2D eigenvalue weighted by atomic mass is 10.7. The van der Waals surface area contributed by atoms with E-state index in [-0.39, 0.29) is 0 Å². The second-order valence-corrected chi connectivity index (χ2v) is 1.25. The monoisotopic (exact) mass is 145 g/mol. The molecule has 0 atom stereocenters. The zero-order valence-corrected chi connectivity index (χ0v) is 5.20. The number of primary amides is 1. The van der Waals surface area contributed by atoms with E-state index >= 15 is 0 Å². The minimum Gasteiger partial charge on any atom is -0.425 e. The normalized spacial score (nSPS) is 8.00. The number of esters is 1. The maximum Gasteiger partial charge on any atom is 0.407 e. The summed E-state index contributed by atoms with van der Waals surface area (Å²) < 4.78 is 8.28. The first-order valence-corrected chi connectivity index (χ1v) is 2.38. The standard InChI is InChI=1S/C5H7NO4/c1-2-4(7)9-3-10-5(6)8/h2H,1,3H2,(H2,6,8). The molecule has 0 aliphatic carbocycles. The third-order valence-corrected chi connectivity index (χ3v) is 0.569. The summed E-state index contributed by atoms with van der Waals surface area (Å²) in [7, 11) is 0. The number of ether oxygens (including phenoxy) is 2. The van der Waals surface area contributed by atoms with Crippen molar-refractivity contribution in [2.45, 2.75) is 0 Å². The van der Waals surface area contributed by atoms with Crippen LogP contribution in [0.5, 0.6) is 0 Å². The second kappa shape index (κ2) is 4.37. The van der Waals surface area contributed by atoms with Crippen LogP contribution in [-0.2, 0) is 14.3 Å².